The summed E-state index contributed by atoms with van der Waals surface area (Å²) in [5.74, 6) is 0.867. The van der Waals surface area contributed by atoms with Crippen LogP contribution >= 0.6 is 0 Å². The van der Waals surface area contributed by atoms with Gasteiger partial charge in [0, 0.05) is 31.4 Å². The number of anilines is 1. The highest BCUT2D eigenvalue weighted by molar-refractivity contribution is 7.88. The Hall–Kier alpha value is -1.60. The van der Waals surface area contributed by atoms with Crippen LogP contribution in [0.25, 0.3) is 0 Å². The fourth-order valence-electron chi connectivity index (χ4n) is 3.60. The molecular formula is C18H28N4O2S. The van der Waals surface area contributed by atoms with Crippen molar-refractivity contribution in [2.75, 3.05) is 37.8 Å². The summed E-state index contributed by atoms with van der Waals surface area (Å²) in [6, 6.07) is 10.0. The van der Waals surface area contributed by atoms with Crippen molar-refractivity contribution in [1.82, 2.24) is 9.21 Å². The smallest absolute Gasteiger partial charge is 0.211 e. The predicted molar refractivity (Wildman–Crippen MR) is 102 cm³/mol. The number of aliphatic imine (C=N–C) groups is 1. The Bertz CT molecular complexity index is 684. The summed E-state index contributed by atoms with van der Waals surface area (Å²) >= 11 is 0. The number of hydrogen-bond donors (Lipinski definition) is 1. The van der Waals surface area contributed by atoms with Crippen LogP contribution in [0.5, 0.6) is 0 Å². The fourth-order valence-corrected chi connectivity index (χ4v) is 4.77. The first-order valence-electron chi connectivity index (χ1n) is 9.12. The molecule has 2 heterocycles. The van der Waals surface area contributed by atoms with Crippen molar-refractivity contribution >= 4 is 21.7 Å². The first kappa shape index (κ1) is 18.2. The second-order valence-electron chi connectivity index (χ2n) is 6.87. The Balaban J connectivity index is 1.74. The second-order valence-corrected chi connectivity index (χ2v) is 8.81. The molecule has 138 valence electrons. The molecule has 0 spiro atoms. The van der Waals surface area contributed by atoms with Gasteiger partial charge in [-0.2, -0.15) is 4.31 Å². The molecule has 0 amide bonds. The maximum absolute atomic E-state index is 11.9. The molecule has 2 aliphatic heterocycles. The Morgan fingerprint density at radius 2 is 1.84 bits per heavy atom. The SMILES string of the molecule is CS(=O)(=O)N1CCC[C@@H]1CN=C(Nc1ccccc1)N1CCCCC1. The molecule has 25 heavy (non-hydrogen) atoms. The minimum Gasteiger partial charge on any atom is -0.343 e. The quantitative estimate of drug-likeness (QED) is 0.658. The molecule has 7 heteroatoms. The summed E-state index contributed by atoms with van der Waals surface area (Å²) in [5, 5.41) is 3.43. The molecule has 0 aromatic heterocycles. The summed E-state index contributed by atoms with van der Waals surface area (Å²) in [7, 11) is -3.15. The number of para-hydroxylation sites is 1. The number of guanidine groups is 1. The van der Waals surface area contributed by atoms with Gasteiger partial charge in [0.15, 0.2) is 5.96 Å². The molecule has 0 unspecified atom stereocenters. The van der Waals surface area contributed by atoms with Crippen LogP contribution in [0.1, 0.15) is 32.1 Å². The summed E-state index contributed by atoms with van der Waals surface area (Å²) in [4.78, 5) is 7.10. The van der Waals surface area contributed by atoms with Crippen molar-refractivity contribution in [2.24, 2.45) is 4.99 Å². The van der Waals surface area contributed by atoms with Crippen molar-refractivity contribution in [3.8, 4) is 0 Å². The van der Waals surface area contributed by atoms with Gasteiger partial charge >= 0.3 is 0 Å². The molecule has 6 nitrogen and oxygen atoms in total. The van der Waals surface area contributed by atoms with Crippen molar-refractivity contribution < 1.29 is 8.42 Å². The molecule has 1 aromatic rings. The van der Waals surface area contributed by atoms with Crippen LogP contribution < -0.4 is 5.32 Å². The Morgan fingerprint density at radius 1 is 1.12 bits per heavy atom. The third kappa shape index (κ3) is 4.95. The van der Waals surface area contributed by atoms with E-state index in [0.717, 1.165) is 37.6 Å². The average molecular weight is 365 g/mol. The molecule has 0 radical (unpaired) electrons. The van der Waals surface area contributed by atoms with Crippen LogP contribution in [0.2, 0.25) is 0 Å². The summed E-state index contributed by atoms with van der Waals surface area (Å²) < 4.78 is 25.5. The van der Waals surface area contributed by atoms with E-state index in [9.17, 15) is 8.42 Å². The van der Waals surface area contributed by atoms with E-state index in [1.54, 1.807) is 4.31 Å². The predicted octanol–water partition coefficient (Wildman–Crippen LogP) is 2.36. The molecule has 0 aliphatic carbocycles. The van der Waals surface area contributed by atoms with Gasteiger partial charge < -0.3 is 10.2 Å². The molecular weight excluding hydrogens is 336 g/mol. The maximum Gasteiger partial charge on any atom is 0.211 e. The zero-order valence-corrected chi connectivity index (χ0v) is 15.7. The second kappa shape index (κ2) is 8.19. The highest BCUT2D eigenvalue weighted by Crippen LogP contribution is 2.21. The number of sulfonamides is 1. The zero-order valence-electron chi connectivity index (χ0n) is 14.9. The number of piperidine rings is 1. The van der Waals surface area contributed by atoms with Gasteiger partial charge in [0.05, 0.1) is 12.8 Å². The van der Waals surface area contributed by atoms with Gasteiger partial charge in [-0.1, -0.05) is 18.2 Å². The first-order chi connectivity index (χ1) is 12.0. The Morgan fingerprint density at radius 3 is 2.52 bits per heavy atom. The fraction of sp³-hybridized carbons (Fsp3) is 0.611. The molecule has 2 saturated heterocycles. The van der Waals surface area contributed by atoms with E-state index in [1.165, 1.54) is 25.5 Å². The molecule has 2 fully saturated rings. The molecule has 1 N–H and O–H groups in total. The van der Waals surface area contributed by atoms with Crippen molar-refractivity contribution in [1.29, 1.82) is 0 Å². The number of benzene rings is 1. The van der Waals surface area contributed by atoms with Crippen molar-refractivity contribution in [3.05, 3.63) is 30.3 Å². The maximum atomic E-state index is 11.9. The number of likely N-dealkylation sites (tertiary alicyclic amines) is 1. The molecule has 1 aromatic carbocycles. The minimum absolute atomic E-state index is 0.0210. The van der Waals surface area contributed by atoms with E-state index >= 15 is 0 Å². The van der Waals surface area contributed by atoms with E-state index < -0.39 is 10.0 Å². The van der Waals surface area contributed by atoms with Crippen LogP contribution in [-0.4, -0.2) is 62.1 Å². The molecule has 3 rings (SSSR count). The lowest BCUT2D eigenvalue weighted by Crippen LogP contribution is -2.42. The van der Waals surface area contributed by atoms with Crippen LogP contribution in [0.4, 0.5) is 5.69 Å². The minimum atomic E-state index is -3.15. The number of hydrogen-bond acceptors (Lipinski definition) is 3. The van der Waals surface area contributed by atoms with Gasteiger partial charge in [-0.15, -0.1) is 0 Å². The van der Waals surface area contributed by atoms with Crippen molar-refractivity contribution in [3.63, 3.8) is 0 Å². The van der Waals surface area contributed by atoms with E-state index in [1.807, 2.05) is 30.3 Å². The lowest BCUT2D eigenvalue weighted by Gasteiger charge is -2.31. The van der Waals surface area contributed by atoms with Crippen molar-refractivity contribution in [2.45, 2.75) is 38.1 Å². The zero-order chi connectivity index (χ0) is 17.7. The van der Waals surface area contributed by atoms with Gasteiger partial charge in [-0.3, -0.25) is 4.99 Å². The topological polar surface area (TPSA) is 65.0 Å². The summed E-state index contributed by atoms with van der Waals surface area (Å²) in [5.41, 5.74) is 1.01. The third-order valence-corrected chi connectivity index (χ3v) is 6.22. The van der Waals surface area contributed by atoms with Gasteiger partial charge in [-0.05, 0) is 44.2 Å². The number of rotatable bonds is 4. The van der Waals surface area contributed by atoms with E-state index in [2.05, 4.69) is 10.2 Å². The van der Waals surface area contributed by atoms with Crippen LogP contribution in [-0.2, 0) is 10.0 Å². The van der Waals surface area contributed by atoms with Crippen LogP contribution in [0, 0.1) is 0 Å². The number of nitrogens with zero attached hydrogens (tertiary/aromatic N) is 3. The largest absolute Gasteiger partial charge is 0.343 e. The standard InChI is InChI=1S/C18H28N4O2S/c1-25(23,24)22-14-8-11-17(22)15-19-18(21-12-6-3-7-13-21)20-16-9-4-2-5-10-16/h2,4-5,9-10,17H,3,6-8,11-15H2,1H3,(H,19,20)/t17-/m1/s1. The molecule has 0 bridgehead atoms. The van der Waals surface area contributed by atoms with Gasteiger partial charge in [0.1, 0.15) is 0 Å². The van der Waals surface area contributed by atoms with Crippen LogP contribution in [0.3, 0.4) is 0 Å². The Kier molecular flexibility index (Phi) is 5.96. The molecule has 0 saturated carbocycles. The van der Waals surface area contributed by atoms with Gasteiger partial charge in [-0.25, -0.2) is 8.42 Å². The first-order valence-corrected chi connectivity index (χ1v) is 11.0. The van der Waals surface area contributed by atoms with Crippen LogP contribution in [0.15, 0.2) is 35.3 Å². The lowest BCUT2D eigenvalue weighted by molar-refractivity contribution is 0.338. The molecule has 1 atom stereocenters. The lowest BCUT2D eigenvalue weighted by atomic mass is 10.1. The summed E-state index contributed by atoms with van der Waals surface area (Å²) in [6.07, 6.45) is 6.71. The van der Waals surface area contributed by atoms with E-state index in [0.29, 0.717) is 13.1 Å². The number of nitrogens with one attached hydrogen (secondary N) is 1. The van der Waals surface area contributed by atoms with E-state index in [-0.39, 0.29) is 6.04 Å². The Labute approximate surface area is 151 Å². The van der Waals surface area contributed by atoms with Gasteiger partial charge in [0.25, 0.3) is 0 Å². The normalized spacial score (nSPS) is 23.0. The monoisotopic (exact) mass is 364 g/mol. The molecule has 2 aliphatic rings. The van der Waals surface area contributed by atoms with Gasteiger partial charge in [0.2, 0.25) is 10.0 Å². The highest BCUT2D eigenvalue weighted by atomic mass is 32.2. The third-order valence-electron chi connectivity index (χ3n) is 4.89. The average Bonchev–Trinajstić information content (AvgIpc) is 3.09. The van der Waals surface area contributed by atoms with E-state index in [4.69, 9.17) is 4.99 Å². The highest BCUT2D eigenvalue weighted by Gasteiger charge is 2.31. The summed E-state index contributed by atoms with van der Waals surface area (Å²) in [6.45, 7) is 3.13.